The van der Waals surface area contributed by atoms with Gasteiger partial charge in [0.1, 0.15) is 17.4 Å². The van der Waals surface area contributed by atoms with Crippen LogP contribution in [0.25, 0.3) is 0 Å². The Labute approximate surface area is 76.6 Å². The van der Waals surface area contributed by atoms with Gasteiger partial charge in [-0.15, -0.1) is 0 Å². The molecule has 3 heteroatoms. The van der Waals surface area contributed by atoms with Crippen molar-refractivity contribution in [2.45, 2.75) is 6.92 Å². The van der Waals surface area contributed by atoms with Crippen LogP contribution in [0.1, 0.15) is 22.8 Å². The van der Waals surface area contributed by atoms with E-state index in [-0.39, 0.29) is 5.78 Å². The van der Waals surface area contributed by atoms with E-state index in [4.69, 9.17) is 10.00 Å². The number of methoxy groups -OCH3 is 1. The lowest BCUT2D eigenvalue weighted by molar-refractivity contribution is 0.101. The quantitative estimate of drug-likeness (QED) is 0.643. The Morgan fingerprint density at radius 3 is 2.69 bits per heavy atom. The van der Waals surface area contributed by atoms with E-state index in [1.54, 1.807) is 18.2 Å². The molecule has 66 valence electrons. The van der Waals surface area contributed by atoms with Crippen molar-refractivity contribution in [3.8, 4) is 11.8 Å². The lowest BCUT2D eigenvalue weighted by atomic mass is 10.0. The van der Waals surface area contributed by atoms with Crippen molar-refractivity contribution in [1.29, 1.82) is 5.26 Å². The zero-order chi connectivity index (χ0) is 9.84. The molecule has 0 spiro atoms. The maximum Gasteiger partial charge on any atom is 0.161 e. The number of ether oxygens (including phenoxy) is 1. The summed E-state index contributed by atoms with van der Waals surface area (Å²) in [5.74, 6) is 0.311. The first-order valence-electron chi connectivity index (χ1n) is 3.78. The summed E-state index contributed by atoms with van der Waals surface area (Å²) in [4.78, 5) is 11.1. The maximum absolute atomic E-state index is 11.1. The Morgan fingerprint density at radius 1 is 1.54 bits per heavy atom. The van der Waals surface area contributed by atoms with Gasteiger partial charge in [-0.1, -0.05) is 6.07 Å². The topological polar surface area (TPSA) is 50.1 Å². The molecule has 0 fully saturated rings. The van der Waals surface area contributed by atoms with Gasteiger partial charge in [0.05, 0.1) is 7.11 Å². The zero-order valence-electron chi connectivity index (χ0n) is 7.50. The molecule has 0 saturated carbocycles. The summed E-state index contributed by atoms with van der Waals surface area (Å²) in [6.45, 7) is 1.43. The third-order valence-electron chi connectivity index (χ3n) is 1.74. The molecule has 13 heavy (non-hydrogen) atoms. The molecule has 0 N–H and O–H groups in total. The summed E-state index contributed by atoms with van der Waals surface area (Å²) in [5, 5.41) is 8.80. The lowest BCUT2D eigenvalue weighted by Gasteiger charge is -2.04. The lowest BCUT2D eigenvalue weighted by Crippen LogP contribution is -1.98. The molecule has 0 heterocycles. The number of hydrogen-bond donors (Lipinski definition) is 0. The van der Waals surface area contributed by atoms with Gasteiger partial charge in [-0.05, 0) is 19.1 Å². The number of carbonyl (C=O) groups is 1. The van der Waals surface area contributed by atoms with Crippen molar-refractivity contribution in [3.05, 3.63) is 29.3 Å². The molecule has 0 amide bonds. The van der Waals surface area contributed by atoms with Crippen LogP contribution in [0, 0.1) is 11.3 Å². The Hall–Kier alpha value is -1.82. The summed E-state index contributed by atoms with van der Waals surface area (Å²) in [5.41, 5.74) is 0.708. The third-order valence-corrected chi connectivity index (χ3v) is 1.74. The zero-order valence-corrected chi connectivity index (χ0v) is 7.50. The van der Waals surface area contributed by atoms with Gasteiger partial charge in [0.25, 0.3) is 0 Å². The maximum atomic E-state index is 11.1. The third kappa shape index (κ3) is 1.67. The van der Waals surface area contributed by atoms with Crippen molar-refractivity contribution >= 4 is 5.78 Å². The van der Waals surface area contributed by atoms with Gasteiger partial charge in [0.2, 0.25) is 0 Å². The molecule has 0 aliphatic carbocycles. The van der Waals surface area contributed by atoms with Crippen LogP contribution in [0.3, 0.4) is 0 Å². The minimum Gasteiger partial charge on any atom is -0.495 e. The van der Waals surface area contributed by atoms with Gasteiger partial charge in [-0.25, -0.2) is 0 Å². The Morgan fingerprint density at radius 2 is 2.23 bits per heavy atom. The Kier molecular flexibility index (Phi) is 2.65. The average molecular weight is 175 g/mol. The van der Waals surface area contributed by atoms with Crippen LogP contribution in [-0.4, -0.2) is 12.9 Å². The van der Waals surface area contributed by atoms with Gasteiger partial charge in [-0.3, -0.25) is 4.79 Å². The van der Waals surface area contributed by atoms with Crippen LogP contribution in [0.2, 0.25) is 0 Å². The molecule has 0 radical (unpaired) electrons. The minimum absolute atomic E-state index is 0.129. The predicted molar refractivity (Wildman–Crippen MR) is 47.7 cm³/mol. The summed E-state index contributed by atoms with van der Waals surface area (Å²) in [6.07, 6.45) is 0. The number of benzene rings is 1. The number of carbonyl (C=O) groups excluding carboxylic acids is 1. The highest BCUT2D eigenvalue weighted by molar-refractivity contribution is 5.97. The van der Waals surface area contributed by atoms with E-state index in [1.807, 2.05) is 6.07 Å². The second-order valence-electron chi connectivity index (χ2n) is 2.55. The van der Waals surface area contributed by atoms with Gasteiger partial charge in [-0.2, -0.15) is 5.26 Å². The fraction of sp³-hybridized carbons (Fsp3) is 0.200. The molecule has 3 nitrogen and oxygen atoms in total. The molecule has 0 saturated heterocycles. The van der Waals surface area contributed by atoms with Crippen LogP contribution >= 0.6 is 0 Å². The highest BCUT2D eigenvalue weighted by atomic mass is 16.5. The van der Waals surface area contributed by atoms with Crippen LogP contribution < -0.4 is 4.74 Å². The molecule has 0 aromatic heterocycles. The van der Waals surface area contributed by atoms with Crippen molar-refractivity contribution in [2.24, 2.45) is 0 Å². The molecule has 1 aromatic carbocycles. The second kappa shape index (κ2) is 3.72. The minimum atomic E-state index is -0.129. The van der Waals surface area contributed by atoms with Gasteiger partial charge >= 0.3 is 0 Å². The van der Waals surface area contributed by atoms with E-state index >= 15 is 0 Å². The largest absolute Gasteiger partial charge is 0.495 e. The first-order chi connectivity index (χ1) is 6.20. The first kappa shape index (κ1) is 9.27. The van der Waals surface area contributed by atoms with Crippen molar-refractivity contribution < 1.29 is 9.53 Å². The smallest absolute Gasteiger partial charge is 0.161 e. The van der Waals surface area contributed by atoms with E-state index < -0.39 is 0 Å². The summed E-state index contributed by atoms with van der Waals surface area (Å²) in [6, 6.07) is 6.91. The number of ketones is 1. The SMILES string of the molecule is COc1cccc(C(C)=O)c1C#N. The molecular formula is C10H9NO2. The Balaban J connectivity index is 3.38. The van der Waals surface area contributed by atoms with Crippen LogP contribution in [-0.2, 0) is 0 Å². The fourth-order valence-electron chi connectivity index (χ4n) is 1.11. The van der Waals surface area contributed by atoms with Crippen molar-refractivity contribution in [3.63, 3.8) is 0 Å². The summed E-state index contributed by atoms with van der Waals surface area (Å²) >= 11 is 0. The number of hydrogen-bond acceptors (Lipinski definition) is 3. The normalized spacial score (nSPS) is 9.00. The number of nitriles is 1. The van der Waals surface area contributed by atoms with Crippen LogP contribution in [0.5, 0.6) is 5.75 Å². The summed E-state index contributed by atoms with van der Waals surface area (Å²) < 4.78 is 4.95. The molecule has 0 aliphatic heterocycles. The average Bonchev–Trinajstić information content (AvgIpc) is 2.16. The van der Waals surface area contributed by atoms with Gasteiger partial charge < -0.3 is 4.74 Å². The molecule has 1 rings (SSSR count). The number of nitrogens with zero attached hydrogens (tertiary/aromatic N) is 1. The molecule has 0 bridgehead atoms. The summed E-state index contributed by atoms with van der Waals surface area (Å²) in [7, 11) is 1.47. The standard InChI is InChI=1S/C10H9NO2/c1-7(12)8-4-3-5-10(13-2)9(8)6-11/h3-5H,1-2H3. The van der Waals surface area contributed by atoms with Crippen LogP contribution in [0.4, 0.5) is 0 Å². The fourth-order valence-corrected chi connectivity index (χ4v) is 1.11. The highest BCUT2D eigenvalue weighted by Crippen LogP contribution is 2.21. The van der Waals surface area contributed by atoms with Crippen molar-refractivity contribution in [2.75, 3.05) is 7.11 Å². The van der Waals surface area contributed by atoms with Gasteiger partial charge in [0, 0.05) is 5.56 Å². The molecule has 1 aromatic rings. The molecule has 0 atom stereocenters. The highest BCUT2D eigenvalue weighted by Gasteiger charge is 2.10. The van der Waals surface area contributed by atoms with E-state index in [0.29, 0.717) is 16.9 Å². The Bertz CT molecular complexity index is 377. The van der Waals surface area contributed by atoms with Crippen molar-refractivity contribution in [1.82, 2.24) is 0 Å². The monoisotopic (exact) mass is 175 g/mol. The van der Waals surface area contributed by atoms with E-state index in [2.05, 4.69) is 0 Å². The first-order valence-corrected chi connectivity index (χ1v) is 3.78. The van der Waals surface area contributed by atoms with E-state index in [1.165, 1.54) is 14.0 Å². The molecule has 0 aliphatic rings. The second-order valence-corrected chi connectivity index (χ2v) is 2.55. The predicted octanol–water partition coefficient (Wildman–Crippen LogP) is 1.77. The number of Topliss-reactive ketones (excluding diaryl/α,β-unsaturated/α-hetero) is 1. The van der Waals surface area contributed by atoms with E-state index in [9.17, 15) is 4.79 Å². The number of rotatable bonds is 2. The van der Waals surface area contributed by atoms with Crippen LogP contribution in [0.15, 0.2) is 18.2 Å². The van der Waals surface area contributed by atoms with E-state index in [0.717, 1.165) is 0 Å². The molecular weight excluding hydrogens is 166 g/mol. The van der Waals surface area contributed by atoms with Gasteiger partial charge in [0.15, 0.2) is 5.78 Å². The molecule has 0 unspecified atom stereocenters.